The molecular weight excluding hydrogens is 494 g/mol. The number of fused-ring (bicyclic) bond motifs is 4. The number of ketones is 1. The highest BCUT2D eigenvalue weighted by Crippen LogP contribution is 2.39. The SMILES string of the molecule is O=C(C[C@H](CN1C(=O)c2ccccc2C1=O)c1ccccc1)c1cc2c(s1)CCCn1ncc(Cl)c1-2. The topological polar surface area (TPSA) is 72.3 Å². The van der Waals surface area contributed by atoms with E-state index in [1.165, 1.54) is 16.2 Å². The minimum atomic E-state index is -0.322. The largest absolute Gasteiger partial charge is 0.293 e. The zero-order valence-corrected chi connectivity index (χ0v) is 20.9. The van der Waals surface area contributed by atoms with Crippen LogP contribution in [0.1, 0.15) is 59.6 Å². The Morgan fingerprint density at radius 3 is 2.42 bits per heavy atom. The molecule has 0 saturated carbocycles. The molecule has 6 rings (SSSR count). The van der Waals surface area contributed by atoms with Crippen molar-refractivity contribution in [3.8, 4) is 11.3 Å². The van der Waals surface area contributed by atoms with E-state index >= 15 is 0 Å². The Morgan fingerprint density at radius 1 is 1.00 bits per heavy atom. The van der Waals surface area contributed by atoms with Gasteiger partial charge in [0.05, 0.1) is 32.9 Å². The summed E-state index contributed by atoms with van der Waals surface area (Å²) in [5.41, 5.74) is 3.58. The fourth-order valence-corrected chi connectivity index (χ4v) is 6.50. The molecule has 0 radical (unpaired) electrons. The summed E-state index contributed by atoms with van der Waals surface area (Å²) in [6.45, 7) is 0.939. The van der Waals surface area contributed by atoms with Crippen molar-refractivity contribution < 1.29 is 14.4 Å². The van der Waals surface area contributed by atoms with Gasteiger partial charge in [-0.05, 0) is 36.6 Å². The molecule has 0 N–H and O–H groups in total. The number of amides is 2. The number of halogens is 1. The maximum absolute atomic E-state index is 13.6. The molecule has 180 valence electrons. The lowest BCUT2D eigenvalue weighted by Crippen LogP contribution is -2.34. The molecule has 6 nitrogen and oxygen atoms in total. The van der Waals surface area contributed by atoms with Crippen LogP contribution < -0.4 is 0 Å². The Morgan fingerprint density at radius 2 is 1.69 bits per heavy atom. The van der Waals surface area contributed by atoms with Gasteiger partial charge in [-0.25, -0.2) is 0 Å². The zero-order chi connectivity index (χ0) is 24.8. The van der Waals surface area contributed by atoms with Gasteiger partial charge in [0.2, 0.25) is 0 Å². The van der Waals surface area contributed by atoms with E-state index in [2.05, 4.69) is 5.10 Å². The molecule has 4 heterocycles. The van der Waals surface area contributed by atoms with Crippen LogP contribution in [0.2, 0.25) is 5.02 Å². The molecule has 0 fully saturated rings. The highest BCUT2D eigenvalue weighted by molar-refractivity contribution is 7.14. The number of hydrogen-bond acceptors (Lipinski definition) is 5. The number of nitrogens with zero attached hydrogens (tertiary/aromatic N) is 3. The van der Waals surface area contributed by atoms with Crippen molar-refractivity contribution in [3.63, 3.8) is 0 Å². The van der Waals surface area contributed by atoms with Crippen molar-refractivity contribution in [2.24, 2.45) is 0 Å². The monoisotopic (exact) mass is 515 g/mol. The van der Waals surface area contributed by atoms with E-state index in [9.17, 15) is 14.4 Å². The Kier molecular flexibility index (Phi) is 5.82. The Hall–Kier alpha value is -3.55. The first-order valence-corrected chi connectivity index (χ1v) is 13.1. The van der Waals surface area contributed by atoms with Crippen LogP contribution in [0.25, 0.3) is 11.3 Å². The van der Waals surface area contributed by atoms with Crippen LogP contribution in [-0.2, 0) is 13.0 Å². The number of carbonyl (C=O) groups is 3. The maximum Gasteiger partial charge on any atom is 0.261 e. The first-order valence-electron chi connectivity index (χ1n) is 11.9. The average Bonchev–Trinajstić information content (AvgIpc) is 3.51. The number of carbonyl (C=O) groups excluding carboxylic acids is 3. The van der Waals surface area contributed by atoms with Crippen LogP contribution in [0.5, 0.6) is 0 Å². The fourth-order valence-electron chi connectivity index (χ4n) is 5.10. The highest BCUT2D eigenvalue weighted by atomic mass is 35.5. The second kappa shape index (κ2) is 9.15. The van der Waals surface area contributed by atoms with Gasteiger partial charge in [0.15, 0.2) is 5.78 Å². The minimum absolute atomic E-state index is 0.0132. The molecule has 2 aliphatic heterocycles. The van der Waals surface area contributed by atoms with Crippen LogP contribution in [0.3, 0.4) is 0 Å². The molecule has 4 aromatic rings. The third-order valence-electron chi connectivity index (χ3n) is 6.89. The molecule has 2 aromatic heterocycles. The van der Waals surface area contributed by atoms with Crippen LogP contribution in [0.4, 0.5) is 0 Å². The Labute approximate surface area is 217 Å². The standard InChI is InChI=1S/C28H22ClN3O3S/c29-22-15-30-32-12-6-11-24-21(26(22)32)14-25(36-24)23(33)13-18(17-7-2-1-3-8-17)16-31-27(34)19-9-4-5-10-20(19)28(31)35/h1-5,7-10,14-15,18H,6,11-13,16H2/t18-/m1/s1. The second-order valence-corrected chi connectivity index (χ2v) is 10.7. The van der Waals surface area contributed by atoms with Gasteiger partial charge >= 0.3 is 0 Å². The molecule has 2 aromatic carbocycles. The molecule has 8 heteroatoms. The Bertz CT molecular complexity index is 1470. The quantitative estimate of drug-likeness (QED) is 0.238. The van der Waals surface area contributed by atoms with Crippen molar-refractivity contribution >= 4 is 40.5 Å². The van der Waals surface area contributed by atoms with Crippen molar-refractivity contribution in [3.05, 3.63) is 98.3 Å². The Balaban J connectivity index is 1.30. The third-order valence-corrected chi connectivity index (χ3v) is 8.40. The van der Waals surface area contributed by atoms with Crippen LogP contribution in [0.15, 0.2) is 66.9 Å². The lowest BCUT2D eigenvalue weighted by atomic mass is 9.92. The highest BCUT2D eigenvalue weighted by Gasteiger charge is 2.37. The first kappa shape index (κ1) is 22.9. The zero-order valence-electron chi connectivity index (χ0n) is 19.3. The number of rotatable bonds is 6. The number of aryl methyl sites for hydroxylation is 2. The number of imide groups is 1. The van der Waals surface area contributed by atoms with Gasteiger partial charge in [-0.2, -0.15) is 5.10 Å². The number of aromatic nitrogens is 2. The van der Waals surface area contributed by atoms with E-state index in [-0.39, 0.29) is 36.5 Å². The van der Waals surface area contributed by atoms with Gasteiger partial charge in [-0.1, -0.05) is 54.1 Å². The number of benzene rings is 2. The minimum Gasteiger partial charge on any atom is -0.293 e. The van der Waals surface area contributed by atoms with Crippen LogP contribution in [-0.4, -0.2) is 38.8 Å². The van der Waals surface area contributed by atoms with Crippen molar-refractivity contribution in [2.45, 2.75) is 31.7 Å². The van der Waals surface area contributed by atoms with Gasteiger partial charge in [0.25, 0.3) is 11.8 Å². The van der Waals surface area contributed by atoms with E-state index in [0.29, 0.717) is 21.0 Å². The molecule has 0 saturated heterocycles. The molecule has 1 atom stereocenters. The van der Waals surface area contributed by atoms with Gasteiger partial charge < -0.3 is 0 Å². The summed E-state index contributed by atoms with van der Waals surface area (Å²) in [4.78, 5) is 42.7. The summed E-state index contributed by atoms with van der Waals surface area (Å²) < 4.78 is 1.91. The normalized spacial score (nSPS) is 15.3. The maximum atomic E-state index is 13.6. The molecule has 0 unspecified atom stereocenters. The lowest BCUT2D eigenvalue weighted by Gasteiger charge is -2.22. The summed E-state index contributed by atoms with van der Waals surface area (Å²) in [5, 5.41) is 4.97. The predicted octanol–water partition coefficient (Wildman–Crippen LogP) is 5.86. The van der Waals surface area contributed by atoms with Gasteiger partial charge in [0, 0.05) is 35.9 Å². The summed E-state index contributed by atoms with van der Waals surface area (Å²) >= 11 is 7.95. The average molecular weight is 516 g/mol. The fraction of sp³-hybridized carbons (Fsp3) is 0.214. The predicted molar refractivity (Wildman–Crippen MR) is 139 cm³/mol. The van der Waals surface area contributed by atoms with Crippen molar-refractivity contribution in [1.29, 1.82) is 0 Å². The van der Waals surface area contributed by atoms with E-state index in [0.717, 1.165) is 41.1 Å². The summed E-state index contributed by atoms with van der Waals surface area (Å²) in [7, 11) is 0. The lowest BCUT2D eigenvalue weighted by molar-refractivity contribution is 0.0637. The molecular formula is C28H22ClN3O3S. The van der Waals surface area contributed by atoms with Gasteiger partial charge in [-0.3, -0.25) is 24.0 Å². The van der Waals surface area contributed by atoms with Crippen LogP contribution >= 0.6 is 22.9 Å². The summed E-state index contributed by atoms with van der Waals surface area (Å²) in [5.74, 6) is -0.956. The van der Waals surface area contributed by atoms with E-state index in [4.69, 9.17) is 11.6 Å². The summed E-state index contributed by atoms with van der Waals surface area (Å²) in [6.07, 6.45) is 3.63. The van der Waals surface area contributed by atoms with Gasteiger partial charge in [0.1, 0.15) is 0 Å². The number of thiophene rings is 1. The number of Topliss-reactive ketones (excluding diaryl/α,β-unsaturated/α-hetero) is 1. The molecule has 0 bridgehead atoms. The van der Waals surface area contributed by atoms with E-state index in [1.54, 1.807) is 30.5 Å². The van der Waals surface area contributed by atoms with Crippen LogP contribution in [0, 0.1) is 0 Å². The molecule has 0 spiro atoms. The van der Waals surface area contributed by atoms with E-state index < -0.39 is 0 Å². The molecule has 36 heavy (non-hydrogen) atoms. The first-order chi connectivity index (χ1) is 17.5. The molecule has 2 aliphatic rings. The third kappa shape index (κ3) is 3.88. The van der Waals surface area contributed by atoms with Crippen molar-refractivity contribution in [1.82, 2.24) is 14.7 Å². The summed E-state index contributed by atoms with van der Waals surface area (Å²) in [6, 6.07) is 18.4. The van der Waals surface area contributed by atoms with Crippen molar-refractivity contribution in [2.75, 3.05) is 6.54 Å². The van der Waals surface area contributed by atoms with E-state index in [1.807, 2.05) is 41.1 Å². The smallest absolute Gasteiger partial charge is 0.261 e. The number of hydrogen-bond donors (Lipinski definition) is 0. The molecule has 2 amide bonds. The van der Waals surface area contributed by atoms with Gasteiger partial charge in [-0.15, -0.1) is 11.3 Å². The molecule has 0 aliphatic carbocycles. The second-order valence-electron chi connectivity index (χ2n) is 9.12.